The fourth-order valence-corrected chi connectivity index (χ4v) is 4.14. The molecule has 2 heterocycles. The van der Waals surface area contributed by atoms with Gasteiger partial charge in [-0.2, -0.15) is 5.10 Å². The molecular formula is C17H19N3O4. The van der Waals surface area contributed by atoms with Crippen LogP contribution in [0.4, 0.5) is 0 Å². The molecule has 0 aliphatic heterocycles. The number of amides is 1. The molecule has 2 aromatic rings. The zero-order valence-corrected chi connectivity index (χ0v) is 13.1. The molecule has 126 valence electrons. The first kappa shape index (κ1) is 15.0. The maximum atomic E-state index is 12.4. The van der Waals surface area contributed by atoms with E-state index in [1.54, 1.807) is 16.9 Å². The van der Waals surface area contributed by atoms with Crippen molar-refractivity contribution >= 4 is 11.9 Å². The minimum absolute atomic E-state index is 0.0718. The Balaban J connectivity index is 1.36. The van der Waals surface area contributed by atoms with Gasteiger partial charge in [0.1, 0.15) is 12.0 Å². The van der Waals surface area contributed by atoms with Crippen LogP contribution in [0.1, 0.15) is 35.4 Å². The van der Waals surface area contributed by atoms with Crippen LogP contribution in [0, 0.1) is 17.8 Å². The Hall–Kier alpha value is -2.57. The average molecular weight is 329 g/mol. The minimum Gasteiger partial charge on any atom is -0.481 e. The summed E-state index contributed by atoms with van der Waals surface area (Å²) in [4.78, 5) is 23.6. The van der Waals surface area contributed by atoms with Crippen LogP contribution >= 0.6 is 0 Å². The highest BCUT2D eigenvalue weighted by atomic mass is 16.4. The fraction of sp³-hybridized carbons (Fsp3) is 0.471. The van der Waals surface area contributed by atoms with Crippen LogP contribution in [0.25, 0.3) is 0 Å². The molecule has 2 saturated carbocycles. The molecule has 0 spiro atoms. The van der Waals surface area contributed by atoms with Crippen LogP contribution in [-0.4, -0.2) is 32.8 Å². The molecule has 7 heteroatoms. The summed E-state index contributed by atoms with van der Waals surface area (Å²) in [6.07, 6.45) is 7.30. The number of carboxylic acid groups (broad SMARTS) is 1. The van der Waals surface area contributed by atoms with E-state index in [0.29, 0.717) is 24.3 Å². The molecule has 2 bridgehead atoms. The zero-order valence-electron chi connectivity index (χ0n) is 13.1. The van der Waals surface area contributed by atoms with Crippen LogP contribution in [0.5, 0.6) is 0 Å². The Labute approximate surface area is 138 Å². The van der Waals surface area contributed by atoms with Crippen LogP contribution in [0.2, 0.25) is 0 Å². The van der Waals surface area contributed by atoms with Gasteiger partial charge in [-0.25, -0.2) is 0 Å². The predicted molar refractivity (Wildman–Crippen MR) is 83.2 cm³/mol. The predicted octanol–water partition coefficient (Wildman–Crippen LogP) is 1.75. The van der Waals surface area contributed by atoms with E-state index in [1.165, 1.54) is 6.26 Å². The van der Waals surface area contributed by atoms with Gasteiger partial charge in [0.05, 0.1) is 18.0 Å². The normalized spacial score (nSPS) is 28.2. The molecule has 4 rings (SSSR count). The van der Waals surface area contributed by atoms with Gasteiger partial charge in [0.2, 0.25) is 0 Å². The van der Waals surface area contributed by atoms with E-state index in [2.05, 4.69) is 10.4 Å². The van der Waals surface area contributed by atoms with Gasteiger partial charge in [0.15, 0.2) is 0 Å². The molecular weight excluding hydrogens is 310 g/mol. The Kier molecular flexibility index (Phi) is 3.63. The molecule has 7 nitrogen and oxygen atoms in total. The van der Waals surface area contributed by atoms with E-state index in [9.17, 15) is 14.7 Å². The summed E-state index contributed by atoms with van der Waals surface area (Å²) in [5, 5.41) is 16.3. The number of aliphatic carboxylic acids is 1. The van der Waals surface area contributed by atoms with E-state index in [4.69, 9.17) is 4.42 Å². The quantitative estimate of drug-likeness (QED) is 0.871. The van der Waals surface area contributed by atoms with E-state index >= 15 is 0 Å². The molecule has 2 N–H and O–H groups in total. The lowest BCUT2D eigenvalue weighted by atomic mass is 9.86. The molecule has 1 amide bonds. The van der Waals surface area contributed by atoms with Crippen LogP contribution in [-0.2, 0) is 11.3 Å². The topological polar surface area (TPSA) is 97.4 Å². The highest BCUT2D eigenvalue weighted by molar-refractivity contribution is 5.94. The number of hydrogen-bond donors (Lipinski definition) is 2. The van der Waals surface area contributed by atoms with Gasteiger partial charge in [-0.05, 0) is 43.2 Å². The third kappa shape index (κ3) is 2.70. The molecule has 0 saturated heterocycles. The second kappa shape index (κ2) is 5.81. The standard InChI is InChI=1S/C17H19N3O4/c21-16(12-5-13(24-9-12)8-20-3-1-2-18-20)19-15-7-10-4-11(15)6-14(10)17(22)23/h1-3,5,9-11,14-15H,4,6-8H2,(H,19,21)(H,22,23)/t10-,11-,14-,15-/m1/s1. The number of carbonyl (C=O) groups is 2. The van der Waals surface area contributed by atoms with Crippen molar-refractivity contribution < 1.29 is 19.1 Å². The van der Waals surface area contributed by atoms with E-state index in [1.807, 2.05) is 12.3 Å². The number of aromatic nitrogens is 2. The van der Waals surface area contributed by atoms with Gasteiger partial charge in [-0.1, -0.05) is 0 Å². The van der Waals surface area contributed by atoms with E-state index in [-0.39, 0.29) is 29.7 Å². The number of rotatable bonds is 5. The van der Waals surface area contributed by atoms with Crippen molar-refractivity contribution in [2.75, 3.05) is 0 Å². The Morgan fingerprint density at radius 3 is 2.88 bits per heavy atom. The summed E-state index contributed by atoms with van der Waals surface area (Å²) in [5.74, 6) is 0.0359. The summed E-state index contributed by atoms with van der Waals surface area (Å²) in [6.45, 7) is 0.481. The van der Waals surface area contributed by atoms with Gasteiger partial charge in [-0.3, -0.25) is 14.3 Å². The number of carboxylic acids is 1. The first-order valence-electron chi connectivity index (χ1n) is 8.18. The molecule has 2 aliphatic rings. The van der Waals surface area contributed by atoms with E-state index < -0.39 is 5.97 Å². The minimum atomic E-state index is -0.703. The summed E-state index contributed by atoms with van der Waals surface area (Å²) in [7, 11) is 0. The third-order valence-corrected chi connectivity index (χ3v) is 5.28. The average Bonchev–Trinajstić information content (AvgIpc) is 3.31. The first-order valence-corrected chi connectivity index (χ1v) is 8.18. The summed E-state index contributed by atoms with van der Waals surface area (Å²) < 4.78 is 7.16. The van der Waals surface area contributed by atoms with Gasteiger partial charge in [0, 0.05) is 18.4 Å². The van der Waals surface area contributed by atoms with Gasteiger partial charge in [0.25, 0.3) is 5.91 Å². The Bertz CT molecular complexity index is 752. The van der Waals surface area contributed by atoms with Crippen molar-refractivity contribution in [1.29, 1.82) is 0 Å². The number of fused-ring (bicyclic) bond motifs is 2. The second-order valence-electron chi connectivity index (χ2n) is 6.76. The molecule has 2 fully saturated rings. The monoisotopic (exact) mass is 329 g/mol. The maximum Gasteiger partial charge on any atom is 0.306 e. The van der Waals surface area contributed by atoms with Crippen LogP contribution < -0.4 is 5.32 Å². The number of carbonyl (C=O) groups excluding carboxylic acids is 1. The van der Waals surface area contributed by atoms with Crippen molar-refractivity contribution in [2.24, 2.45) is 17.8 Å². The first-order chi connectivity index (χ1) is 11.6. The summed E-state index contributed by atoms with van der Waals surface area (Å²) in [6, 6.07) is 3.63. The van der Waals surface area contributed by atoms with Crippen molar-refractivity contribution in [1.82, 2.24) is 15.1 Å². The van der Waals surface area contributed by atoms with Gasteiger partial charge < -0.3 is 14.8 Å². The molecule has 2 aliphatic carbocycles. The Morgan fingerprint density at radius 1 is 1.33 bits per heavy atom. The van der Waals surface area contributed by atoms with Gasteiger partial charge in [-0.15, -0.1) is 0 Å². The number of nitrogens with one attached hydrogen (secondary N) is 1. The molecule has 24 heavy (non-hydrogen) atoms. The second-order valence-corrected chi connectivity index (χ2v) is 6.76. The lowest BCUT2D eigenvalue weighted by Crippen LogP contribution is -2.40. The van der Waals surface area contributed by atoms with Crippen molar-refractivity contribution in [3.63, 3.8) is 0 Å². The van der Waals surface area contributed by atoms with Crippen LogP contribution in [0.15, 0.2) is 35.2 Å². The number of furan rings is 1. The van der Waals surface area contributed by atoms with Gasteiger partial charge >= 0.3 is 5.97 Å². The number of nitrogens with zero attached hydrogens (tertiary/aromatic N) is 2. The highest BCUT2D eigenvalue weighted by Crippen LogP contribution is 2.48. The number of hydrogen-bond acceptors (Lipinski definition) is 4. The van der Waals surface area contributed by atoms with Crippen LogP contribution in [0.3, 0.4) is 0 Å². The molecule has 0 radical (unpaired) electrons. The Morgan fingerprint density at radius 2 is 2.21 bits per heavy atom. The van der Waals surface area contributed by atoms with Crippen molar-refractivity contribution in [2.45, 2.75) is 31.8 Å². The molecule has 0 aromatic carbocycles. The SMILES string of the molecule is O=C(N[C@@H]1C[C@H]2C[C@@H]1C[C@H]2C(=O)O)c1coc(Cn2cccn2)c1. The van der Waals surface area contributed by atoms with Crippen molar-refractivity contribution in [3.8, 4) is 0 Å². The van der Waals surface area contributed by atoms with Crippen molar-refractivity contribution in [3.05, 3.63) is 42.1 Å². The molecule has 4 atom stereocenters. The molecule has 2 aromatic heterocycles. The zero-order chi connectivity index (χ0) is 16.7. The third-order valence-electron chi connectivity index (χ3n) is 5.28. The maximum absolute atomic E-state index is 12.4. The summed E-state index contributed by atoms with van der Waals surface area (Å²) >= 11 is 0. The van der Waals surface area contributed by atoms with E-state index in [0.717, 1.165) is 12.8 Å². The fourth-order valence-electron chi connectivity index (χ4n) is 4.14. The smallest absolute Gasteiger partial charge is 0.306 e. The highest BCUT2D eigenvalue weighted by Gasteiger charge is 2.49. The lowest BCUT2D eigenvalue weighted by Gasteiger charge is -2.26. The largest absolute Gasteiger partial charge is 0.481 e. The molecule has 0 unspecified atom stereocenters. The lowest BCUT2D eigenvalue weighted by molar-refractivity contribution is -0.143. The summed E-state index contributed by atoms with van der Waals surface area (Å²) in [5.41, 5.74) is 0.495.